The molecule has 4 rings (SSSR count). The molecule has 1 N–H and O–H groups in total. The Bertz CT molecular complexity index is 1160. The molecule has 0 unspecified atom stereocenters. The summed E-state index contributed by atoms with van der Waals surface area (Å²) in [6.45, 7) is 6.06. The highest BCUT2D eigenvalue weighted by Gasteiger charge is 2.21. The predicted octanol–water partition coefficient (Wildman–Crippen LogP) is 4.14. The Kier molecular flexibility index (Phi) is 4.91. The number of anilines is 1. The van der Waals surface area contributed by atoms with E-state index in [1.165, 1.54) is 18.3 Å². The number of aromatic nitrogens is 5. The first kappa shape index (κ1) is 19.5. The fourth-order valence-electron chi connectivity index (χ4n) is 2.98. The Morgan fingerprint density at radius 2 is 1.63 bits per heavy atom. The molecule has 1 aromatic carbocycles. The zero-order valence-electron chi connectivity index (χ0n) is 16.9. The van der Waals surface area contributed by atoms with Gasteiger partial charge in [0.25, 0.3) is 5.91 Å². The molecule has 30 heavy (non-hydrogen) atoms. The molecule has 152 valence electrons. The van der Waals surface area contributed by atoms with Gasteiger partial charge in [-0.05, 0) is 36.4 Å². The van der Waals surface area contributed by atoms with Crippen molar-refractivity contribution in [2.24, 2.45) is 0 Å². The summed E-state index contributed by atoms with van der Waals surface area (Å²) in [4.78, 5) is 21.7. The van der Waals surface area contributed by atoms with Crippen molar-refractivity contribution in [2.45, 2.75) is 26.2 Å². The van der Waals surface area contributed by atoms with Crippen LogP contribution in [0.5, 0.6) is 0 Å². The number of amides is 1. The van der Waals surface area contributed by atoms with Crippen molar-refractivity contribution in [1.29, 1.82) is 0 Å². The zero-order valence-corrected chi connectivity index (χ0v) is 16.9. The highest BCUT2D eigenvalue weighted by Crippen LogP contribution is 2.22. The second-order valence-corrected chi connectivity index (χ2v) is 7.86. The fourth-order valence-corrected chi connectivity index (χ4v) is 2.98. The number of carbonyl (C=O) groups is 1. The van der Waals surface area contributed by atoms with Crippen LogP contribution in [0.3, 0.4) is 0 Å². The monoisotopic (exact) mass is 404 g/mol. The molecule has 8 heteroatoms. The van der Waals surface area contributed by atoms with Gasteiger partial charge in [0.15, 0.2) is 5.82 Å². The molecule has 1 amide bonds. The van der Waals surface area contributed by atoms with E-state index in [4.69, 9.17) is 0 Å². The quantitative estimate of drug-likeness (QED) is 0.555. The average molecular weight is 404 g/mol. The molecule has 0 spiro atoms. The van der Waals surface area contributed by atoms with Crippen molar-refractivity contribution >= 4 is 11.6 Å². The predicted molar refractivity (Wildman–Crippen MR) is 112 cm³/mol. The van der Waals surface area contributed by atoms with Crippen LogP contribution in [0.2, 0.25) is 0 Å². The van der Waals surface area contributed by atoms with E-state index in [1.54, 1.807) is 33.8 Å². The smallest absolute Gasteiger partial charge is 0.261 e. The lowest BCUT2D eigenvalue weighted by atomic mass is 9.96. The highest BCUT2D eigenvalue weighted by molar-refractivity contribution is 6.06. The molecule has 3 aromatic heterocycles. The standard InChI is InChI=1S/C22H21FN6O/c1-22(2,3)21-24-12-16(13-25-21)27-19(30)18-14-26-29(17-8-6-15(23)7-9-17)20(18)28-10-4-5-11-28/h4-14H,1-3H3,(H,27,30). The molecule has 0 radical (unpaired) electrons. The largest absolute Gasteiger partial charge is 0.319 e. The first-order valence-corrected chi connectivity index (χ1v) is 9.44. The molecule has 0 aliphatic heterocycles. The van der Waals surface area contributed by atoms with E-state index in [0.29, 0.717) is 28.6 Å². The minimum Gasteiger partial charge on any atom is -0.319 e. The minimum atomic E-state index is -0.348. The highest BCUT2D eigenvalue weighted by atomic mass is 19.1. The van der Waals surface area contributed by atoms with E-state index in [9.17, 15) is 9.18 Å². The van der Waals surface area contributed by atoms with Crippen LogP contribution >= 0.6 is 0 Å². The summed E-state index contributed by atoms with van der Waals surface area (Å²) in [6.07, 6.45) is 8.29. The Hall–Kier alpha value is -3.81. The second kappa shape index (κ2) is 7.55. The Morgan fingerprint density at radius 3 is 2.23 bits per heavy atom. The molecule has 0 bridgehead atoms. The van der Waals surface area contributed by atoms with Crippen molar-refractivity contribution in [1.82, 2.24) is 24.3 Å². The number of carbonyl (C=O) groups excluding carboxylic acids is 1. The third-order valence-electron chi connectivity index (χ3n) is 4.49. The van der Waals surface area contributed by atoms with Crippen molar-refractivity contribution in [2.75, 3.05) is 5.32 Å². The van der Waals surface area contributed by atoms with Crippen LogP contribution in [0.1, 0.15) is 37.0 Å². The van der Waals surface area contributed by atoms with Gasteiger partial charge in [-0.1, -0.05) is 20.8 Å². The van der Waals surface area contributed by atoms with Crippen molar-refractivity contribution in [3.05, 3.63) is 84.6 Å². The zero-order chi connectivity index (χ0) is 21.3. The van der Waals surface area contributed by atoms with Crippen LogP contribution in [0.15, 0.2) is 67.4 Å². The minimum absolute atomic E-state index is 0.180. The number of benzene rings is 1. The maximum atomic E-state index is 13.3. The van der Waals surface area contributed by atoms with Gasteiger partial charge in [0.05, 0.1) is 30.0 Å². The van der Waals surface area contributed by atoms with Crippen molar-refractivity contribution in [3.8, 4) is 11.5 Å². The van der Waals surface area contributed by atoms with Gasteiger partial charge in [0.1, 0.15) is 17.2 Å². The lowest BCUT2D eigenvalue weighted by Crippen LogP contribution is -2.18. The van der Waals surface area contributed by atoms with E-state index < -0.39 is 0 Å². The van der Waals surface area contributed by atoms with E-state index in [1.807, 2.05) is 45.3 Å². The Labute approximate surface area is 173 Å². The van der Waals surface area contributed by atoms with Crippen molar-refractivity contribution < 1.29 is 9.18 Å². The number of halogens is 1. The first-order valence-electron chi connectivity index (χ1n) is 9.44. The van der Waals surface area contributed by atoms with Gasteiger partial charge in [0, 0.05) is 17.8 Å². The summed E-state index contributed by atoms with van der Waals surface area (Å²) in [5.74, 6) is 0.540. The van der Waals surface area contributed by atoms with E-state index >= 15 is 0 Å². The molecule has 7 nitrogen and oxygen atoms in total. The van der Waals surface area contributed by atoms with Crippen LogP contribution in [0, 0.1) is 5.82 Å². The lowest BCUT2D eigenvalue weighted by Gasteiger charge is -2.16. The van der Waals surface area contributed by atoms with Gasteiger partial charge in [-0.25, -0.2) is 19.0 Å². The van der Waals surface area contributed by atoms with Crippen LogP contribution in [0.25, 0.3) is 11.5 Å². The molecule has 0 saturated carbocycles. The Morgan fingerprint density at radius 1 is 1.00 bits per heavy atom. The second-order valence-electron chi connectivity index (χ2n) is 7.86. The summed E-state index contributed by atoms with van der Waals surface area (Å²) in [7, 11) is 0. The molecule has 0 atom stereocenters. The fraction of sp³-hybridized carbons (Fsp3) is 0.182. The lowest BCUT2D eigenvalue weighted by molar-refractivity contribution is 0.102. The maximum Gasteiger partial charge on any atom is 0.261 e. The van der Waals surface area contributed by atoms with Crippen LogP contribution in [0.4, 0.5) is 10.1 Å². The normalized spacial score (nSPS) is 11.5. The molecular weight excluding hydrogens is 383 g/mol. The molecule has 0 aliphatic rings. The maximum absolute atomic E-state index is 13.3. The summed E-state index contributed by atoms with van der Waals surface area (Å²) in [6, 6.07) is 9.62. The van der Waals surface area contributed by atoms with Gasteiger partial charge in [-0.15, -0.1) is 0 Å². The SMILES string of the molecule is CC(C)(C)c1ncc(NC(=O)c2cnn(-c3ccc(F)cc3)c2-n2cccc2)cn1. The van der Waals surface area contributed by atoms with Crippen LogP contribution in [-0.2, 0) is 5.41 Å². The Balaban J connectivity index is 1.68. The molecule has 0 saturated heterocycles. The molecule has 4 aromatic rings. The van der Waals surface area contributed by atoms with Gasteiger partial charge >= 0.3 is 0 Å². The molecule has 0 aliphatic carbocycles. The van der Waals surface area contributed by atoms with Crippen LogP contribution in [-0.4, -0.2) is 30.2 Å². The van der Waals surface area contributed by atoms with Gasteiger partial charge in [-0.3, -0.25) is 4.79 Å². The number of hydrogen-bond donors (Lipinski definition) is 1. The summed E-state index contributed by atoms with van der Waals surface area (Å²) >= 11 is 0. The van der Waals surface area contributed by atoms with Gasteiger partial charge in [0.2, 0.25) is 0 Å². The summed E-state index contributed by atoms with van der Waals surface area (Å²) < 4.78 is 16.7. The van der Waals surface area contributed by atoms with E-state index in [2.05, 4.69) is 20.4 Å². The topological polar surface area (TPSA) is 77.6 Å². The van der Waals surface area contributed by atoms with E-state index in [-0.39, 0.29) is 17.1 Å². The van der Waals surface area contributed by atoms with Crippen molar-refractivity contribution in [3.63, 3.8) is 0 Å². The number of hydrogen-bond acceptors (Lipinski definition) is 4. The third-order valence-corrected chi connectivity index (χ3v) is 4.49. The van der Waals surface area contributed by atoms with Gasteiger partial charge in [-0.2, -0.15) is 5.10 Å². The third kappa shape index (κ3) is 3.84. The molecular formula is C22H21FN6O. The van der Waals surface area contributed by atoms with Crippen LogP contribution < -0.4 is 5.32 Å². The van der Waals surface area contributed by atoms with E-state index in [0.717, 1.165) is 0 Å². The number of nitrogens with zero attached hydrogens (tertiary/aromatic N) is 5. The van der Waals surface area contributed by atoms with Gasteiger partial charge < -0.3 is 9.88 Å². The number of nitrogens with one attached hydrogen (secondary N) is 1. The summed E-state index contributed by atoms with van der Waals surface area (Å²) in [5.41, 5.74) is 1.30. The molecule has 0 fully saturated rings. The molecule has 3 heterocycles. The number of rotatable bonds is 4. The summed E-state index contributed by atoms with van der Waals surface area (Å²) in [5, 5.41) is 7.18. The average Bonchev–Trinajstić information content (AvgIpc) is 3.38. The first-order chi connectivity index (χ1) is 14.3.